The molecule has 500 valence electrons. The molecule has 5 aliphatic carbocycles. The van der Waals surface area contributed by atoms with E-state index >= 15 is 0 Å². The first kappa shape index (κ1) is 68.9. The Bertz CT molecular complexity index is 2620. The molecular weight excluding hydrogens is 1170 g/mol. The van der Waals surface area contributed by atoms with Gasteiger partial charge in [-0.2, -0.15) is 0 Å². The summed E-state index contributed by atoms with van der Waals surface area (Å²) < 4.78 is 66.3. The number of aliphatic carboxylic acids is 1. The third kappa shape index (κ3) is 11.2. The summed E-state index contributed by atoms with van der Waals surface area (Å²) in [7, 11) is 1.20. The van der Waals surface area contributed by atoms with Crippen LogP contribution in [0.3, 0.4) is 0 Å². The molecule has 9 rings (SSSR count). The number of methoxy groups -OCH3 is 1. The zero-order chi connectivity index (χ0) is 64.9. The number of fused-ring (bicyclic) bond motifs is 7. The van der Waals surface area contributed by atoms with Gasteiger partial charge < -0.3 is 118 Å². The molecule has 28 nitrogen and oxygen atoms in total. The van der Waals surface area contributed by atoms with Gasteiger partial charge in [-0.05, 0) is 99.7 Å². The van der Waals surface area contributed by atoms with E-state index in [1.807, 2.05) is 13.8 Å². The quantitative estimate of drug-likeness (QED) is 0.0276. The monoisotopic (exact) mass is 1260 g/mol. The summed E-state index contributed by atoms with van der Waals surface area (Å²) in [5, 5.41) is 144. The number of carboxylic acid groups (broad SMARTS) is 1. The molecule has 0 radical (unpaired) electrons. The molecule has 28 heteroatoms. The first-order valence-electron chi connectivity index (χ1n) is 30.4. The number of carbonyl (C=O) groups excluding carboxylic acids is 3. The van der Waals surface area contributed by atoms with Crippen molar-refractivity contribution in [1.29, 1.82) is 0 Å². The van der Waals surface area contributed by atoms with Crippen LogP contribution in [0.25, 0.3) is 0 Å². The minimum absolute atomic E-state index is 0.0385. The van der Waals surface area contributed by atoms with E-state index in [-0.39, 0.29) is 18.8 Å². The van der Waals surface area contributed by atoms with Crippen molar-refractivity contribution in [3.05, 3.63) is 23.3 Å². The van der Waals surface area contributed by atoms with E-state index in [4.69, 9.17) is 52.1 Å². The zero-order valence-electron chi connectivity index (χ0n) is 51.3. The first-order chi connectivity index (χ1) is 41.2. The van der Waals surface area contributed by atoms with Crippen LogP contribution in [0.4, 0.5) is 0 Å². The third-order valence-corrected chi connectivity index (χ3v) is 22.5. The molecule has 88 heavy (non-hydrogen) atoms. The molecule has 30 atom stereocenters. The first-order valence-corrected chi connectivity index (χ1v) is 30.4. The highest BCUT2D eigenvalue weighted by atomic mass is 16.8. The van der Waals surface area contributed by atoms with Crippen LogP contribution < -0.4 is 0 Å². The van der Waals surface area contributed by atoms with Crippen LogP contribution in [0, 0.1) is 50.2 Å². The Balaban J connectivity index is 1.07. The maximum atomic E-state index is 15.0. The zero-order valence-corrected chi connectivity index (χ0v) is 51.3. The molecule has 9 aliphatic rings. The Hall–Kier alpha value is -3.44. The van der Waals surface area contributed by atoms with Crippen molar-refractivity contribution in [2.24, 2.45) is 50.2 Å². The van der Waals surface area contributed by atoms with Crippen molar-refractivity contribution in [3.8, 4) is 0 Å². The highest BCUT2D eigenvalue weighted by Crippen LogP contribution is 2.76. The Kier molecular flexibility index (Phi) is 19.9. The van der Waals surface area contributed by atoms with Gasteiger partial charge in [-0.3, -0.25) is 9.59 Å². The summed E-state index contributed by atoms with van der Waals surface area (Å²) in [6.07, 6.45) is -34.1. The van der Waals surface area contributed by atoms with Gasteiger partial charge >= 0.3 is 23.9 Å². The second-order valence-corrected chi connectivity index (χ2v) is 27.6. The van der Waals surface area contributed by atoms with E-state index < -0.39 is 230 Å². The Labute approximate surface area is 509 Å². The summed E-state index contributed by atoms with van der Waals surface area (Å²) >= 11 is 0. The standard InChI is InChI=1S/C60H92O28/c1-11-24(2)49(76)88-46-47(81-25(3)63)60(23-62)27(18-55(46,4)5)26-12-13-31-56(6)16-15-34(59(9,54(77)78-10)32(56)14-17-57(31,7)58(26,8)19-33(60)66)83-53-45(87-51-40(72)38(70)37(69)30(20-61)82-51)42(41(73)43(85-53)48(74)75)84-52-44(36(68)29(65)22-80-52)86-50-39(71)35(67)28(64)21-79-50/h11-12,27-47,50-53,61-62,64-73H,13-23H2,1-10H3,(H,74,75)/b24-11-/t27-,28+,29-,30+,31+,32+,33+,34-,35-,36-,37-,38-,39+,40+,41-,42-,43-,44+,45+,46-,47-,50-,51-,52-,53+,56+,57+,58+,59-,60-/m0/s1. The van der Waals surface area contributed by atoms with Gasteiger partial charge in [0.05, 0.1) is 56.6 Å². The van der Waals surface area contributed by atoms with E-state index in [1.54, 1.807) is 26.8 Å². The molecule has 0 aromatic rings. The smallest absolute Gasteiger partial charge is 0.335 e. The summed E-state index contributed by atoms with van der Waals surface area (Å²) in [6, 6.07) is 0. The Morgan fingerprint density at radius 3 is 1.90 bits per heavy atom. The molecule has 4 heterocycles. The number of allylic oxidation sites excluding steroid dienone is 3. The minimum atomic E-state index is -2.31. The molecule has 0 aromatic carbocycles. The van der Waals surface area contributed by atoms with Gasteiger partial charge in [0.25, 0.3) is 0 Å². The number of hydrogen-bond donors (Lipinski definition) is 13. The lowest BCUT2D eigenvalue weighted by atomic mass is 9.33. The number of aliphatic hydroxyl groups excluding tert-OH is 12. The predicted octanol–water partition coefficient (Wildman–Crippen LogP) is -2.04. The van der Waals surface area contributed by atoms with Crippen molar-refractivity contribution in [3.63, 3.8) is 0 Å². The average Bonchev–Trinajstić information content (AvgIpc) is 0.681. The highest BCUT2D eigenvalue weighted by molar-refractivity contribution is 5.88. The fraction of sp³-hybridized carbons (Fsp3) is 0.867. The van der Waals surface area contributed by atoms with Gasteiger partial charge in [0, 0.05) is 17.9 Å². The van der Waals surface area contributed by atoms with E-state index in [2.05, 4.69) is 26.8 Å². The molecule has 0 bridgehead atoms. The van der Waals surface area contributed by atoms with Crippen molar-refractivity contribution in [1.82, 2.24) is 0 Å². The fourth-order valence-electron chi connectivity index (χ4n) is 17.3. The van der Waals surface area contributed by atoms with Gasteiger partial charge in [-0.25, -0.2) is 9.59 Å². The summed E-state index contributed by atoms with van der Waals surface area (Å²) in [6.45, 7) is 13.6. The van der Waals surface area contributed by atoms with Gasteiger partial charge in [0.2, 0.25) is 0 Å². The van der Waals surface area contributed by atoms with Crippen LogP contribution in [0.2, 0.25) is 0 Å². The van der Waals surface area contributed by atoms with Gasteiger partial charge in [0.15, 0.2) is 31.3 Å². The normalized spacial score (nSPS) is 50.2. The molecule has 0 amide bonds. The van der Waals surface area contributed by atoms with Gasteiger partial charge in [-0.1, -0.05) is 52.3 Å². The average molecular weight is 1260 g/mol. The SMILES string of the molecule is C/C=C(/C)C(=O)O[C@H]1[C@H](OC(C)=O)[C@]2(CO)[C@H](O)C[C@]3(C)C(=CC[C@@H]4[C@@]5(C)CC[C@H](O[C@@H]6O[C@H](C(=O)O)[C@@H](O)[C@H](O[C@@H]7OC[C@H](O)[C@H](O)[C@H]7O[C@@H]7OC[C@@H](O)[C@H](O)[C@H]7O)[C@H]6O[C@@H]6O[C@H](CO)[C@H](O)[C@H](O)[C@H]6O)[C@@](C)(C(=O)OC)[C@@H]5CC[C@]43C)[C@@H]2CC1(C)C. The topological polar surface area (TPSA) is 433 Å². The number of aliphatic hydroxyl groups is 12. The molecule has 4 saturated heterocycles. The van der Waals surface area contributed by atoms with Crippen LogP contribution in [0.5, 0.6) is 0 Å². The van der Waals surface area contributed by atoms with Crippen LogP contribution >= 0.6 is 0 Å². The third-order valence-electron chi connectivity index (χ3n) is 22.5. The number of carbonyl (C=O) groups is 4. The van der Waals surface area contributed by atoms with E-state index in [1.165, 1.54) is 14.0 Å². The molecule has 4 aliphatic heterocycles. The van der Waals surface area contributed by atoms with Crippen molar-refractivity contribution in [2.75, 3.05) is 33.5 Å². The lowest BCUT2D eigenvalue weighted by molar-refractivity contribution is -0.399. The number of rotatable bonds is 15. The lowest BCUT2D eigenvalue weighted by Gasteiger charge is -2.72. The van der Waals surface area contributed by atoms with E-state index in [9.17, 15) is 85.6 Å². The second kappa shape index (κ2) is 25.5. The molecule has 0 aromatic heterocycles. The van der Waals surface area contributed by atoms with E-state index in [0.29, 0.717) is 37.7 Å². The summed E-state index contributed by atoms with van der Waals surface area (Å²) in [4.78, 5) is 54.7. The Morgan fingerprint density at radius 1 is 0.659 bits per heavy atom. The maximum absolute atomic E-state index is 15.0. The fourth-order valence-corrected chi connectivity index (χ4v) is 17.3. The number of carboxylic acids is 1. The van der Waals surface area contributed by atoms with Crippen molar-refractivity contribution in [2.45, 2.75) is 242 Å². The molecule has 0 unspecified atom stereocenters. The van der Waals surface area contributed by atoms with Crippen molar-refractivity contribution >= 4 is 23.9 Å². The molecule has 13 N–H and O–H groups in total. The largest absolute Gasteiger partial charge is 0.479 e. The summed E-state index contributed by atoms with van der Waals surface area (Å²) in [5.41, 5.74) is -4.88. The number of ether oxygens (including phenoxy) is 11. The number of esters is 3. The van der Waals surface area contributed by atoms with Gasteiger partial charge in [0.1, 0.15) is 91.6 Å². The van der Waals surface area contributed by atoms with Gasteiger partial charge in [-0.15, -0.1) is 0 Å². The van der Waals surface area contributed by atoms with E-state index in [0.717, 1.165) is 5.57 Å². The molecular formula is C60H92O28. The van der Waals surface area contributed by atoms with Crippen LogP contribution in [0.1, 0.15) is 107 Å². The lowest BCUT2D eigenvalue weighted by Crippen LogP contribution is -2.73. The summed E-state index contributed by atoms with van der Waals surface area (Å²) in [5.74, 6) is -5.21. The molecule has 4 saturated carbocycles. The maximum Gasteiger partial charge on any atom is 0.335 e. The van der Waals surface area contributed by atoms with Crippen molar-refractivity contribution < 1.29 is 138 Å². The second-order valence-electron chi connectivity index (χ2n) is 27.6. The predicted molar refractivity (Wildman–Crippen MR) is 295 cm³/mol. The Morgan fingerprint density at radius 2 is 1.28 bits per heavy atom. The van der Waals surface area contributed by atoms with Crippen LogP contribution in [0.15, 0.2) is 23.3 Å². The number of hydrogen-bond acceptors (Lipinski definition) is 27. The molecule has 0 spiro atoms. The molecule has 8 fully saturated rings. The minimum Gasteiger partial charge on any atom is -0.479 e. The van der Waals surface area contributed by atoms with Crippen LogP contribution in [-0.2, 0) is 71.3 Å². The highest BCUT2D eigenvalue weighted by Gasteiger charge is 2.75. The van der Waals surface area contributed by atoms with Crippen LogP contribution in [-0.4, -0.2) is 259 Å².